The number of hydrogen-bond acceptors (Lipinski definition) is 8. The van der Waals surface area contributed by atoms with Crippen LogP contribution in [-0.4, -0.2) is 36.2 Å². The van der Waals surface area contributed by atoms with Crippen molar-refractivity contribution in [2.45, 2.75) is 30.2 Å². The van der Waals surface area contributed by atoms with E-state index in [1.54, 1.807) is 11.5 Å². The molecule has 0 saturated heterocycles. The van der Waals surface area contributed by atoms with Crippen LogP contribution >= 0.6 is 34.7 Å². The molecule has 13 heteroatoms. The zero-order valence-electron chi connectivity index (χ0n) is 19.2. The smallest absolute Gasteiger partial charge is 0.294 e. The molecule has 1 amide bonds. The molecule has 2 aliphatic heterocycles. The number of amides is 1. The quantitative estimate of drug-likeness (QED) is 0.488. The van der Waals surface area contributed by atoms with Crippen LogP contribution in [-0.2, 0) is 21.5 Å². The summed E-state index contributed by atoms with van der Waals surface area (Å²) in [6.07, 6.45) is 0. The fourth-order valence-corrected chi connectivity index (χ4v) is 7.49. The van der Waals surface area contributed by atoms with Crippen LogP contribution in [0.4, 0.5) is 11.4 Å². The van der Waals surface area contributed by atoms with Gasteiger partial charge >= 0.3 is 0 Å². The normalized spacial score (nSPS) is 18.7. The number of carbonyl (C=O) groups is 1. The second kappa shape index (κ2) is 8.89. The number of halogens is 1. The highest BCUT2D eigenvalue weighted by atomic mass is 35.5. The number of hydrogen-bond donors (Lipinski definition) is 1. The summed E-state index contributed by atoms with van der Waals surface area (Å²) in [7, 11) is -2.55. The van der Waals surface area contributed by atoms with Crippen molar-refractivity contribution < 1.29 is 17.8 Å². The van der Waals surface area contributed by atoms with Gasteiger partial charge in [-0.1, -0.05) is 35.5 Å². The minimum atomic E-state index is -4.46. The highest BCUT2D eigenvalue weighted by Crippen LogP contribution is 2.45. The summed E-state index contributed by atoms with van der Waals surface area (Å²) in [6, 6.07) is 11.4. The molecule has 36 heavy (non-hydrogen) atoms. The fourth-order valence-electron chi connectivity index (χ4n) is 4.06. The number of rotatable bonds is 3. The Balaban J connectivity index is 1.67. The molecule has 1 N–H and O–H groups in total. The van der Waals surface area contributed by atoms with Gasteiger partial charge in [-0.3, -0.25) is 18.7 Å². The Kier molecular flexibility index (Phi) is 6.12. The summed E-state index contributed by atoms with van der Waals surface area (Å²) in [5, 5.41) is 6.14. The predicted octanol–water partition coefficient (Wildman–Crippen LogP) is 2.71. The van der Waals surface area contributed by atoms with Gasteiger partial charge in [0.2, 0.25) is 0 Å². The van der Waals surface area contributed by atoms with E-state index in [0.29, 0.717) is 21.5 Å². The van der Waals surface area contributed by atoms with Crippen molar-refractivity contribution in [3.05, 3.63) is 67.0 Å². The third-order valence-corrected chi connectivity index (χ3v) is 9.52. The zero-order chi connectivity index (χ0) is 25.9. The first-order chi connectivity index (χ1) is 17.0. The van der Waals surface area contributed by atoms with Crippen molar-refractivity contribution in [2.24, 2.45) is 5.10 Å². The van der Waals surface area contributed by atoms with Crippen LogP contribution in [0.1, 0.15) is 13.8 Å². The van der Waals surface area contributed by atoms with E-state index in [1.165, 1.54) is 29.2 Å². The second-order valence-corrected chi connectivity index (χ2v) is 11.8. The maximum absolute atomic E-state index is 13.5. The monoisotopic (exact) mass is 562 g/mol. The summed E-state index contributed by atoms with van der Waals surface area (Å²) in [5.41, 5.74) is 1.63. The van der Waals surface area contributed by atoms with Crippen LogP contribution in [0, 0.1) is 0 Å². The van der Waals surface area contributed by atoms with Gasteiger partial charge in [-0.15, -0.1) is 11.3 Å². The Hall–Kier alpha value is -2.90. The molecule has 0 aliphatic carbocycles. The predicted molar refractivity (Wildman–Crippen MR) is 143 cm³/mol. The van der Waals surface area contributed by atoms with Gasteiger partial charge in [0.05, 0.1) is 32.6 Å². The highest BCUT2D eigenvalue weighted by Gasteiger charge is 2.33. The molecule has 3 heterocycles. The van der Waals surface area contributed by atoms with Crippen LogP contribution in [0.15, 0.2) is 62.2 Å². The lowest BCUT2D eigenvalue weighted by Crippen LogP contribution is -2.35. The third kappa shape index (κ3) is 3.89. The van der Waals surface area contributed by atoms with Gasteiger partial charge in [-0.05, 0) is 44.2 Å². The summed E-state index contributed by atoms with van der Waals surface area (Å²) >= 11 is 8.99. The fraction of sp³-hybridized carbons (Fsp3) is 0.174. The summed E-state index contributed by atoms with van der Waals surface area (Å²) in [4.78, 5) is 29.6. The molecule has 0 unspecified atom stereocenters. The molecule has 2 aliphatic rings. The SMILES string of the molecule is CCn1c(=C2C(=O)N(c3ccc(S(=O)(=O)O)cc3Cl)N=C2C)sc(=C2Sc3ccccc3N2C)c1=O. The van der Waals surface area contributed by atoms with Gasteiger partial charge in [0.15, 0.2) is 0 Å². The first-order valence-electron chi connectivity index (χ1n) is 10.7. The molecule has 1 aromatic heterocycles. The molecular weight excluding hydrogens is 544 g/mol. The number of thiazole rings is 1. The Labute approximate surface area is 219 Å². The molecule has 9 nitrogen and oxygen atoms in total. The van der Waals surface area contributed by atoms with Gasteiger partial charge in [0, 0.05) is 18.5 Å². The third-order valence-electron chi connectivity index (χ3n) is 5.81. The molecule has 186 valence electrons. The van der Waals surface area contributed by atoms with Crippen molar-refractivity contribution >= 4 is 78.4 Å². The van der Waals surface area contributed by atoms with Crippen molar-refractivity contribution in [1.82, 2.24) is 4.57 Å². The van der Waals surface area contributed by atoms with Crippen molar-refractivity contribution in [1.29, 1.82) is 0 Å². The number of para-hydroxylation sites is 1. The molecule has 2 aromatic carbocycles. The van der Waals surface area contributed by atoms with Crippen molar-refractivity contribution in [2.75, 3.05) is 17.0 Å². The minimum Gasteiger partial charge on any atom is -0.337 e. The van der Waals surface area contributed by atoms with Gasteiger partial charge in [0.25, 0.3) is 21.6 Å². The van der Waals surface area contributed by atoms with Crippen LogP contribution in [0.5, 0.6) is 0 Å². The average molecular weight is 563 g/mol. The molecule has 0 bridgehead atoms. The molecule has 0 saturated carbocycles. The number of thioether (sulfide) groups is 1. The van der Waals surface area contributed by atoms with Crippen LogP contribution in [0.3, 0.4) is 0 Å². The Morgan fingerprint density at radius 1 is 1.11 bits per heavy atom. The number of nitrogens with zero attached hydrogens (tertiary/aromatic N) is 4. The van der Waals surface area contributed by atoms with E-state index in [2.05, 4.69) is 5.10 Å². The van der Waals surface area contributed by atoms with E-state index < -0.39 is 20.9 Å². The molecule has 0 fully saturated rings. The molecule has 5 rings (SSSR count). The standard InChI is InChI=1S/C23H19ClN4O5S3/c1-4-27-21(30)19(23-26(3)16-7-5-6-8-17(16)34-23)35-22(27)18-12(2)25-28(20(18)29)15-10-9-13(11-14(15)24)36(31,32)33/h5-11H,4H2,1-3H3,(H,31,32,33). The average Bonchev–Trinajstić information content (AvgIpc) is 3.43. The Morgan fingerprint density at radius 3 is 2.47 bits per heavy atom. The van der Waals surface area contributed by atoms with Gasteiger partial charge in [0.1, 0.15) is 14.2 Å². The van der Waals surface area contributed by atoms with E-state index in [0.717, 1.165) is 32.8 Å². The molecule has 3 aromatic rings. The topological polar surface area (TPSA) is 112 Å². The van der Waals surface area contributed by atoms with Crippen molar-refractivity contribution in [3.63, 3.8) is 0 Å². The van der Waals surface area contributed by atoms with Gasteiger partial charge in [-0.2, -0.15) is 18.5 Å². The van der Waals surface area contributed by atoms with Gasteiger partial charge < -0.3 is 4.90 Å². The van der Waals surface area contributed by atoms with Gasteiger partial charge in [-0.25, -0.2) is 0 Å². The summed E-state index contributed by atoms with van der Waals surface area (Å²) in [5.74, 6) is -0.496. The summed E-state index contributed by atoms with van der Waals surface area (Å²) < 4.78 is 34.7. The lowest BCUT2D eigenvalue weighted by atomic mass is 10.2. The van der Waals surface area contributed by atoms with Crippen LogP contribution in [0.2, 0.25) is 5.02 Å². The summed E-state index contributed by atoms with van der Waals surface area (Å²) in [6.45, 7) is 3.85. The first kappa shape index (κ1) is 24.8. The van der Waals surface area contributed by atoms with Crippen LogP contribution < -0.4 is 24.7 Å². The first-order valence-corrected chi connectivity index (χ1v) is 14.1. The largest absolute Gasteiger partial charge is 0.337 e. The van der Waals surface area contributed by atoms with E-state index in [1.807, 2.05) is 43.1 Å². The number of fused-ring (bicyclic) bond motifs is 1. The van der Waals surface area contributed by atoms with Crippen LogP contribution in [0.25, 0.3) is 10.6 Å². The molecule has 0 radical (unpaired) electrons. The number of aromatic nitrogens is 1. The van der Waals surface area contributed by atoms with E-state index in [4.69, 9.17) is 11.6 Å². The molecule has 0 atom stereocenters. The maximum Gasteiger partial charge on any atom is 0.294 e. The zero-order valence-corrected chi connectivity index (χ0v) is 22.4. The number of anilines is 2. The highest BCUT2D eigenvalue weighted by molar-refractivity contribution is 8.08. The Bertz CT molecular complexity index is 1780. The van der Waals surface area contributed by atoms with Crippen molar-refractivity contribution in [3.8, 4) is 0 Å². The van der Waals surface area contributed by atoms with E-state index >= 15 is 0 Å². The van der Waals surface area contributed by atoms with E-state index in [-0.39, 0.29) is 21.8 Å². The molecular formula is C23H19ClN4O5S3. The maximum atomic E-state index is 13.5. The van der Waals surface area contributed by atoms with E-state index in [9.17, 15) is 22.6 Å². The minimum absolute atomic E-state index is 0.0756. The second-order valence-electron chi connectivity index (χ2n) is 7.99. The Morgan fingerprint density at radius 2 is 1.83 bits per heavy atom. The molecule has 0 spiro atoms. The lowest BCUT2D eigenvalue weighted by Gasteiger charge is -2.14. The number of benzene rings is 2. The number of carbonyl (C=O) groups excluding carboxylic acids is 1. The number of hydrazone groups is 1. The lowest BCUT2D eigenvalue weighted by molar-refractivity contribution is -0.112.